The Morgan fingerprint density at radius 1 is 1.16 bits per heavy atom. The Kier molecular flexibility index (Phi) is 6.96. The van der Waals surface area contributed by atoms with Crippen LogP contribution in [-0.2, 0) is 12.7 Å². The number of hydrogen-bond acceptors (Lipinski definition) is 4. The summed E-state index contributed by atoms with van der Waals surface area (Å²) in [5.74, 6) is -0.0345. The highest BCUT2D eigenvalue weighted by Gasteiger charge is 2.29. The molecule has 3 aromatic rings. The van der Waals surface area contributed by atoms with Crippen LogP contribution in [0.3, 0.4) is 0 Å². The highest BCUT2D eigenvalue weighted by molar-refractivity contribution is 5.90. The number of ether oxygens (including phenoxy) is 1. The number of aliphatic hydroxyl groups is 1. The van der Waals surface area contributed by atoms with Gasteiger partial charge >= 0.3 is 6.18 Å². The van der Waals surface area contributed by atoms with Gasteiger partial charge in [0.05, 0.1) is 24.6 Å². The first-order valence-corrected chi connectivity index (χ1v) is 9.62. The molecule has 1 unspecified atom stereocenters. The highest BCUT2D eigenvalue weighted by Crippen LogP contribution is 2.31. The van der Waals surface area contributed by atoms with Crippen LogP contribution >= 0.6 is 0 Å². The van der Waals surface area contributed by atoms with Gasteiger partial charge in [-0.1, -0.05) is 24.3 Å². The number of primary amides is 1. The minimum Gasteiger partial charge on any atom is -0.494 e. The smallest absolute Gasteiger partial charge is 0.416 e. The number of hydrogen-bond donors (Lipinski definition) is 2. The van der Waals surface area contributed by atoms with E-state index in [4.69, 9.17) is 10.5 Å². The number of rotatable bonds is 9. The summed E-state index contributed by atoms with van der Waals surface area (Å²) in [5.41, 5.74) is 6.00. The number of aromatic nitrogens is 2. The van der Waals surface area contributed by atoms with Crippen LogP contribution in [0, 0.1) is 0 Å². The van der Waals surface area contributed by atoms with Crippen molar-refractivity contribution in [2.24, 2.45) is 5.73 Å². The van der Waals surface area contributed by atoms with E-state index in [0.29, 0.717) is 30.8 Å². The van der Waals surface area contributed by atoms with E-state index in [1.54, 1.807) is 28.8 Å². The molecule has 0 spiro atoms. The van der Waals surface area contributed by atoms with E-state index in [0.717, 1.165) is 17.7 Å². The Bertz CT molecular complexity index is 1020. The molecular weight excluding hydrogens is 411 g/mol. The molecule has 0 saturated carbocycles. The topological polar surface area (TPSA) is 90.4 Å². The predicted octanol–water partition coefficient (Wildman–Crippen LogP) is 3.89. The fraction of sp³-hybridized carbons (Fsp3) is 0.273. The molecule has 0 radical (unpaired) electrons. The number of carbonyl (C=O) groups excluding carboxylic acids is 1. The highest BCUT2D eigenvalue weighted by atomic mass is 19.4. The summed E-state index contributed by atoms with van der Waals surface area (Å²) in [4.78, 5) is 14.9. The molecule has 0 aliphatic carbocycles. The summed E-state index contributed by atoms with van der Waals surface area (Å²) in [6.07, 6.45) is -1.03. The van der Waals surface area contributed by atoms with Crippen molar-refractivity contribution in [2.75, 3.05) is 6.61 Å². The largest absolute Gasteiger partial charge is 0.494 e. The van der Waals surface area contributed by atoms with Gasteiger partial charge in [0.1, 0.15) is 11.4 Å². The molecule has 2 aromatic carbocycles. The Morgan fingerprint density at radius 2 is 1.90 bits per heavy atom. The quantitative estimate of drug-likeness (QED) is 0.501. The molecule has 1 heterocycles. The third-order valence-corrected chi connectivity index (χ3v) is 4.64. The van der Waals surface area contributed by atoms with Crippen molar-refractivity contribution in [3.05, 3.63) is 72.3 Å². The molecule has 6 nitrogen and oxygen atoms in total. The number of benzene rings is 2. The predicted molar refractivity (Wildman–Crippen MR) is 108 cm³/mol. The van der Waals surface area contributed by atoms with Crippen LogP contribution < -0.4 is 10.5 Å². The summed E-state index contributed by atoms with van der Waals surface area (Å²) >= 11 is 0. The van der Waals surface area contributed by atoms with Crippen molar-refractivity contribution in [1.29, 1.82) is 0 Å². The van der Waals surface area contributed by atoms with Gasteiger partial charge in [-0.15, -0.1) is 0 Å². The van der Waals surface area contributed by atoms with Gasteiger partial charge in [0.2, 0.25) is 0 Å². The van der Waals surface area contributed by atoms with Gasteiger partial charge in [-0.3, -0.25) is 4.79 Å². The maximum atomic E-state index is 12.7. The van der Waals surface area contributed by atoms with Crippen molar-refractivity contribution in [2.45, 2.75) is 31.7 Å². The number of amides is 1. The first kappa shape index (κ1) is 22.4. The lowest BCUT2D eigenvalue weighted by Gasteiger charge is -2.12. The molecule has 0 saturated heterocycles. The Morgan fingerprint density at radius 3 is 2.55 bits per heavy atom. The van der Waals surface area contributed by atoms with Crippen LogP contribution in [0.1, 0.15) is 28.9 Å². The summed E-state index contributed by atoms with van der Waals surface area (Å²) in [5, 5.41) is 10.1. The minimum atomic E-state index is -4.37. The fourth-order valence-electron chi connectivity index (χ4n) is 3.05. The van der Waals surface area contributed by atoms with Crippen LogP contribution in [0.25, 0.3) is 11.1 Å². The van der Waals surface area contributed by atoms with Crippen LogP contribution in [0.15, 0.2) is 61.1 Å². The minimum absolute atomic E-state index is 0.142. The van der Waals surface area contributed by atoms with Gasteiger partial charge in [-0.2, -0.15) is 13.2 Å². The van der Waals surface area contributed by atoms with Crippen molar-refractivity contribution in [3.63, 3.8) is 0 Å². The van der Waals surface area contributed by atoms with Gasteiger partial charge in [-0.25, -0.2) is 4.98 Å². The molecule has 0 aliphatic heterocycles. The van der Waals surface area contributed by atoms with Crippen LogP contribution in [-0.4, -0.2) is 33.3 Å². The molecule has 164 valence electrons. The van der Waals surface area contributed by atoms with Gasteiger partial charge in [-0.05, 0) is 48.2 Å². The SMILES string of the molecule is NC(=O)c1cn(CC(O)CCCOc2cccc(-c3ccc(C(F)(F)F)cc3)c2)cn1. The van der Waals surface area contributed by atoms with E-state index in [1.807, 2.05) is 0 Å². The third-order valence-electron chi connectivity index (χ3n) is 4.64. The molecule has 9 heteroatoms. The molecule has 1 atom stereocenters. The van der Waals surface area contributed by atoms with Gasteiger partial charge in [0, 0.05) is 12.7 Å². The Hall–Kier alpha value is -3.33. The number of aliphatic hydroxyl groups excluding tert-OH is 1. The number of carbonyl (C=O) groups is 1. The number of alkyl halides is 3. The second-order valence-electron chi connectivity index (χ2n) is 7.07. The number of nitrogens with two attached hydrogens (primary N) is 1. The summed E-state index contributed by atoms with van der Waals surface area (Å²) in [6, 6.07) is 12.1. The summed E-state index contributed by atoms with van der Waals surface area (Å²) < 4.78 is 45.4. The molecule has 0 aliphatic rings. The molecule has 31 heavy (non-hydrogen) atoms. The molecule has 3 N–H and O–H groups in total. The molecular formula is C22H22F3N3O3. The maximum Gasteiger partial charge on any atom is 0.416 e. The zero-order valence-corrected chi connectivity index (χ0v) is 16.5. The summed E-state index contributed by atoms with van der Waals surface area (Å²) in [7, 11) is 0. The molecule has 0 fully saturated rings. The van der Waals surface area contributed by atoms with E-state index in [1.165, 1.54) is 24.7 Å². The van der Waals surface area contributed by atoms with E-state index >= 15 is 0 Å². The monoisotopic (exact) mass is 433 g/mol. The van der Waals surface area contributed by atoms with E-state index in [-0.39, 0.29) is 12.2 Å². The molecule has 0 bridgehead atoms. The summed E-state index contributed by atoms with van der Waals surface area (Å²) in [6.45, 7) is 0.647. The van der Waals surface area contributed by atoms with Crippen LogP contribution in [0.5, 0.6) is 5.75 Å². The second kappa shape index (κ2) is 9.65. The van der Waals surface area contributed by atoms with Gasteiger partial charge in [0.25, 0.3) is 5.91 Å². The molecule has 1 aromatic heterocycles. The fourth-order valence-corrected chi connectivity index (χ4v) is 3.05. The van der Waals surface area contributed by atoms with Gasteiger partial charge < -0.3 is 20.1 Å². The lowest BCUT2D eigenvalue weighted by molar-refractivity contribution is -0.137. The lowest BCUT2D eigenvalue weighted by Crippen LogP contribution is -2.16. The van der Waals surface area contributed by atoms with Crippen LogP contribution in [0.4, 0.5) is 13.2 Å². The second-order valence-corrected chi connectivity index (χ2v) is 7.07. The standard InChI is InChI=1S/C22H22F3N3O3/c23-22(24,25)17-8-6-15(7-9-17)16-3-1-5-19(11-16)31-10-2-4-18(29)12-28-13-20(21(26)30)27-14-28/h1,3,5-9,11,13-14,18,29H,2,4,10,12H2,(H2,26,30). The van der Waals surface area contributed by atoms with E-state index in [2.05, 4.69) is 4.98 Å². The van der Waals surface area contributed by atoms with E-state index in [9.17, 15) is 23.1 Å². The maximum absolute atomic E-state index is 12.7. The Labute approximate surface area is 177 Å². The number of nitrogens with zero attached hydrogens (tertiary/aromatic N) is 2. The number of imidazole rings is 1. The lowest BCUT2D eigenvalue weighted by atomic mass is 10.0. The molecule has 1 amide bonds. The average molecular weight is 433 g/mol. The normalized spacial score (nSPS) is 12.5. The average Bonchev–Trinajstić information content (AvgIpc) is 3.20. The first-order chi connectivity index (χ1) is 14.7. The van der Waals surface area contributed by atoms with Crippen LogP contribution in [0.2, 0.25) is 0 Å². The van der Waals surface area contributed by atoms with Crippen molar-refractivity contribution < 1.29 is 27.8 Å². The Balaban J connectivity index is 1.48. The van der Waals surface area contributed by atoms with Crippen molar-refractivity contribution >= 4 is 5.91 Å². The van der Waals surface area contributed by atoms with Crippen molar-refractivity contribution in [1.82, 2.24) is 9.55 Å². The zero-order chi connectivity index (χ0) is 22.4. The number of halogens is 3. The zero-order valence-electron chi connectivity index (χ0n) is 16.5. The third kappa shape index (κ3) is 6.32. The van der Waals surface area contributed by atoms with Crippen molar-refractivity contribution in [3.8, 4) is 16.9 Å². The first-order valence-electron chi connectivity index (χ1n) is 9.62. The molecule has 3 rings (SSSR count). The van der Waals surface area contributed by atoms with Gasteiger partial charge in [0.15, 0.2) is 0 Å². The van der Waals surface area contributed by atoms with E-state index < -0.39 is 23.8 Å².